The molecule has 35 heavy (non-hydrogen) atoms. The van der Waals surface area contributed by atoms with Gasteiger partial charge in [0.2, 0.25) is 5.95 Å². The van der Waals surface area contributed by atoms with Crippen molar-refractivity contribution < 1.29 is 9.84 Å². The van der Waals surface area contributed by atoms with Gasteiger partial charge in [0.15, 0.2) is 5.82 Å². The summed E-state index contributed by atoms with van der Waals surface area (Å²) in [6.07, 6.45) is 1.63. The number of aromatic nitrogens is 3. The van der Waals surface area contributed by atoms with Crippen molar-refractivity contribution in [1.82, 2.24) is 19.4 Å². The van der Waals surface area contributed by atoms with Gasteiger partial charge in [-0.2, -0.15) is 4.98 Å². The predicted molar refractivity (Wildman–Crippen MR) is 141 cm³/mol. The molecule has 186 valence electrons. The number of anilines is 5. The highest BCUT2D eigenvalue weighted by Gasteiger charge is 2.18. The maximum Gasteiger partial charge on any atom is 0.274 e. The Kier molecular flexibility index (Phi) is 7.89. The number of methoxy groups -OCH3 is 1. The van der Waals surface area contributed by atoms with Gasteiger partial charge in [-0.15, -0.1) is 0 Å². The number of hydrogen-bond donors (Lipinski definition) is 3. The topological polar surface area (TPSA) is 108 Å². The molecule has 3 N–H and O–H groups in total. The normalized spacial score (nSPS) is 14.1. The van der Waals surface area contributed by atoms with Crippen LogP contribution in [0.4, 0.5) is 28.8 Å². The summed E-state index contributed by atoms with van der Waals surface area (Å²) in [5, 5.41) is 15.5. The van der Waals surface area contributed by atoms with Crippen LogP contribution in [0.5, 0.6) is 5.75 Å². The number of piperazine rings is 1. The number of nitrogens with zero attached hydrogens (tertiary/aromatic N) is 5. The first kappa shape index (κ1) is 25.0. The number of β-amino-alcohol motifs (C(OH)–C–C–N with tert-alkyl or cyclic N) is 1. The number of pyridine rings is 1. The number of rotatable bonds is 8. The molecule has 0 aliphatic carbocycles. The smallest absolute Gasteiger partial charge is 0.274 e. The fourth-order valence-electron chi connectivity index (χ4n) is 3.94. The first-order valence-electron chi connectivity index (χ1n) is 11.4. The molecular formula is C24H30BrN7O3. The highest BCUT2D eigenvalue weighted by atomic mass is 79.9. The van der Waals surface area contributed by atoms with E-state index in [2.05, 4.69) is 46.3 Å². The molecule has 1 saturated heterocycles. The Balaban J connectivity index is 1.51. The van der Waals surface area contributed by atoms with Gasteiger partial charge in [0.1, 0.15) is 11.4 Å². The third-order valence-electron chi connectivity index (χ3n) is 6.14. The Hall–Kier alpha value is -3.15. The summed E-state index contributed by atoms with van der Waals surface area (Å²) in [7, 11) is 3.36. The molecule has 1 aromatic carbocycles. The maximum absolute atomic E-state index is 12.6. The molecule has 11 heteroatoms. The third-order valence-corrected chi connectivity index (χ3v) is 6.72. The van der Waals surface area contributed by atoms with Gasteiger partial charge in [-0.1, -0.05) is 0 Å². The highest BCUT2D eigenvalue weighted by molar-refractivity contribution is 9.10. The Morgan fingerprint density at radius 1 is 1.11 bits per heavy atom. The van der Waals surface area contributed by atoms with Gasteiger partial charge in [-0.3, -0.25) is 9.69 Å². The van der Waals surface area contributed by atoms with Crippen LogP contribution in [0.2, 0.25) is 0 Å². The molecule has 1 aliphatic rings. The number of nitrogens with one attached hydrogen (secondary N) is 2. The Morgan fingerprint density at radius 2 is 1.86 bits per heavy atom. The fourth-order valence-corrected chi connectivity index (χ4v) is 4.23. The highest BCUT2D eigenvalue weighted by Crippen LogP contribution is 2.32. The summed E-state index contributed by atoms with van der Waals surface area (Å²) >= 11 is 3.45. The van der Waals surface area contributed by atoms with E-state index >= 15 is 0 Å². The van der Waals surface area contributed by atoms with Crippen molar-refractivity contribution in [3.63, 3.8) is 0 Å². The summed E-state index contributed by atoms with van der Waals surface area (Å²) in [6.45, 7) is 6.38. The van der Waals surface area contributed by atoms with Crippen LogP contribution >= 0.6 is 15.9 Å². The molecule has 0 radical (unpaired) electrons. The van der Waals surface area contributed by atoms with Gasteiger partial charge in [0, 0.05) is 63.4 Å². The number of aryl methyl sites for hydroxylation is 1. The van der Waals surface area contributed by atoms with Gasteiger partial charge in [-0.05, 0) is 47.1 Å². The van der Waals surface area contributed by atoms with E-state index < -0.39 is 0 Å². The van der Waals surface area contributed by atoms with Crippen molar-refractivity contribution in [2.45, 2.75) is 6.92 Å². The third kappa shape index (κ3) is 5.75. The number of aliphatic hydroxyl groups is 1. The van der Waals surface area contributed by atoms with Crippen molar-refractivity contribution in [3.8, 4) is 5.75 Å². The zero-order chi connectivity index (χ0) is 24.9. The second-order valence-electron chi connectivity index (χ2n) is 8.33. The van der Waals surface area contributed by atoms with Crippen LogP contribution in [0.1, 0.15) is 5.69 Å². The Morgan fingerprint density at radius 3 is 2.57 bits per heavy atom. The number of halogens is 1. The molecule has 1 fully saturated rings. The molecule has 0 bridgehead atoms. The largest absolute Gasteiger partial charge is 0.494 e. The lowest BCUT2D eigenvalue weighted by Gasteiger charge is -2.36. The average molecular weight is 544 g/mol. The van der Waals surface area contributed by atoms with Crippen LogP contribution in [0.25, 0.3) is 0 Å². The second kappa shape index (κ2) is 11.1. The number of benzene rings is 1. The Labute approximate surface area is 212 Å². The van der Waals surface area contributed by atoms with Crippen LogP contribution in [-0.4, -0.2) is 71.0 Å². The minimum absolute atomic E-state index is 0.139. The summed E-state index contributed by atoms with van der Waals surface area (Å²) in [5.74, 6) is 1.51. The summed E-state index contributed by atoms with van der Waals surface area (Å²) in [5.41, 5.74) is 2.95. The van der Waals surface area contributed by atoms with Crippen molar-refractivity contribution in [2.75, 3.05) is 62.0 Å². The first-order valence-corrected chi connectivity index (χ1v) is 12.2. The molecule has 3 heterocycles. The van der Waals surface area contributed by atoms with Gasteiger partial charge >= 0.3 is 0 Å². The van der Waals surface area contributed by atoms with E-state index in [0.29, 0.717) is 34.2 Å². The van der Waals surface area contributed by atoms with Crippen LogP contribution in [-0.2, 0) is 7.05 Å². The molecule has 1 aliphatic heterocycles. The van der Waals surface area contributed by atoms with Crippen molar-refractivity contribution >= 4 is 44.8 Å². The van der Waals surface area contributed by atoms with Crippen LogP contribution in [0.15, 0.2) is 45.8 Å². The van der Waals surface area contributed by atoms with E-state index in [9.17, 15) is 4.79 Å². The minimum Gasteiger partial charge on any atom is -0.494 e. The zero-order valence-electron chi connectivity index (χ0n) is 20.1. The molecule has 0 amide bonds. The molecule has 10 nitrogen and oxygen atoms in total. The summed E-state index contributed by atoms with van der Waals surface area (Å²) in [4.78, 5) is 26.0. The maximum atomic E-state index is 12.6. The van der Waals surface area contributed by atoms with Crippen LogP contribution in [0.3, 0.4) is 0 Å². The molecule has 3 aromatic rings. The molecule has 0 atom stereocenters. The van der Waals surface area contributed by atoms with Gasteiger partial charge in [-0.25, -0.2) is 4.98 Å². The SMILES string of the molecule is COc1cc(N2CCN(CCO)CC2)ccc1Nc1ncc(Br)c(Nc2ccc(C)n(C)c2=O)n1. The quantitative estimate of drug-likeness (QED) is 0.395. The monoisotopic (exact) mass is 543 g/mol. The summed E-state index contributed by atoms with van der Waals surface area (Å²) in [6, 6.07) is 9.60. The molecule has 2 aromatic heterocycles. The van der Waals surface area contributed by atoms with E-state index in [4.69, 9.17) is 9.84 Å². The van der Waals surface area contributed by atoms with Crippen molar-refractivity contribution in [3.05, 3.63) is 57.0 Å². The molecule has 4 rings (SSSR count). The standard InChI is InChI=1S/C24H30BrN7O3/c1-16-4-6-20(23(34)30(16)2)27-22-18(25)15-26-24(29-22)28-19-7-5-17(14-21(19)35-3)32-10-8-31(9-11-32)12-13-33/h4-7,14-15,33H,8-13H2,1-3H3,(H2,26,27,28,29). The summed E-state index contributed by atoms with van der Waals surface area (Å²) < 4.78 is 7.85. The van der Waals surface area contributed by atoms with Gasteiger partial charge in [0.05, 0.1) is 23.9 Å². The number of aliphatic hydroxyl groups excluding tert-OH is 1. The predicted octanol–water partition coefficient (Wildman–Crippen LogP) is 2.86. The first-order chi connectivity index (χ1) is 16.9. The fraction of sp³-hybridized carbons (Fsp3) is 0.375. The van der Waals surface area contributed by atoms with Crippen molar-refractivity contribution in [2.24, 2.45) is 7.05 Å². The lowest BCUT2D eigenvalue weighted by Crippen LogP contribution is -2.47. The number of ether oxygens (including phenoxy) is 1. The average Bonchev–Trinajstić information content (AvgIpc) is 2.87. The second-order valence-corrected chi connectivity index (χ2v) is 9.18. The zero-order valence-corrected chi connectivity index (χ0v) is 21.7. The van der Waals surface area contributed by atoms with E-state index in [1.54, 1.807) is 31.0 Å². The lowest BCUT2D eigenvalue weighted by molar-refractivity contribution is 0.189. The van der Waals surface area contributed by atoms with E-state index in [1.165, 1.54) is 0 Å². The van der Waals surface area contributed by atoms with Gasteiger partial charge in [0.25, 0.3) is 5.56 Å². The van der Waals surface area contributed by atoms with Crippen molar-refractivity contribution in [1.29, 1.82) is 0 Å². The van der Waals surface area contributed by atoms with E-state index in [0.717, 1.165) is 43.2 Å². The number of hydrogen-bond acceptors (Lipinski definition) is 9. The minimum atomic E-state index is -0.139. The molecular weight excluding hydrogens is 514 g/mol. The van der Waals surface area contributed by atoms with E-state index in [1.807, 2.05) is 31.2 Å². The van der Waals surface area contributed by atoms with Crippen LogP contribution in [0, 0.1) is 6.92 Å². The van der Waals surface area contributed by atoms with Gasteiger partial charge < -0.3 is 29.9 Å². The van der Waals surface area contributed by atoms with E-state index in [-0.39, 0.29) is 12.2 Å². The Bertz CT molecular complexity index is 1240. The van der Waals surface area contributed by atoms with Crippen LogP contribution < -0.4 is 25.8 Å². The lowest BCUT2D eigenvalue weighted by atomic mass is 10.2. The molecule has 0 unspecified atom stereocenters. The molecule has 0 saturated carbocycles. The molecule has 0 spiro atoms.